The van der Waals surface area contributed by atoms with Crippen LogP contribution in [0.5, 0.6) is 0 Å². The molecule has 26 heavy (non-hydrogen) atoms. The molecule has 0 bridgehead atoms. The molecule has 2 aromatic rings. The lowest BCUT2D eigenvalue weighted by atomic mass is 10.2. The molecule has 2 amide bonds. The third kappa shape index (κ3) is 5.75. The minimum atomic E-state index is -0.221. The standard InChI is InChI=1S/C19H22ClN3O3/c1-13-16(20)7-4-8-17(13)22-12-18(24)23-15-6-3-5-14(11-15)19(25)21-9-10-26-2/h3-8,11,22H,9-10,12H2,1-2H3,(H,21,25)(H,23,24). The molecule has 2 aromatic carbocycles. The molecule has 2 rings (SSSR count). The fourth-order valence-corrected chi connectivity index (χ4v) is 2.46. The third-order valence-electron chi connectivity index (χ3n) is 3.71. The summed E-state index contributed by atoms with van der Waals surface area (Å²) in [5.41, 5.74) is 2.71. The van der Waals surface area contributed by atoms with Crippen molar-refractivity contribution < 1.29 is 14.3 Å². The second-order valence-corrected chi connectivity index (χ2v) is 6.05. The first kappa shape index (κ1) is 19.8. The van der Waals surface area contributed by atoms with Crippen molar-refractivity contribution in [2.45, 2.75) is 6.92 Å². The second-order valence-electron chi connectivity index (χ2n) is 5.64. The van der Waals surface area contributed by atoms with Crippen molar-refractivity contribution in [2.24, 2.45) is 0 Å². The van der Waals surface area contributed by atoms with Gasteiger partial charge >= 0.3 is 0 Å². The number of amides is 2. The topological polar surface area (TPSA) is 79.5 Å². The number of hydrogen-bond acceptors (Lipinski definition) is 4. The summed E-state index contributed by atoms with van der Waals surface area (Å²) in [6.45, 7) is 2.84. The molecule has 0 aliphatic heterocycles. The Balaban J connectivity index is 1.91. The minimum Gasteiger partial charge on any atom is -0.383 e. The van der Waals surface area contributed by atoms with E-state index in [0.717, 1.165) is 11.3 Å². The Morgan fingerprint density at radius 3 is 2.69 bits per heavy atom. The molecule has 0 saturated heterocycles. The number of carbonyl (C=O) groups is 2. The van der Waals surface area contributed by atoms with Crippen LogP contribution in [-0.2, 0) is 9.53 Å². The largest absolute Gasteiger partial charge is 0.383 e. The van der Waals surface area contributed by atoms with Gasteiger partial charge in [0.05, 0.1) is 13.2 Å². The normalized spacial score (nSPS) is 10.3. The van der Waals surface area contributed by atoms with Gasteiger partial charge in [-0.15, -0.1) is 0 Å². The molecular weight excluding hydrogens is 354 g/mol. The maximum atomic E-state index is 12.2. The summed E-state index contributed by atoms with van der Waals surface area (Å²) >= 11 is 6.07. The molecule has 0 aromatic heterocycles. The van der Waals surface area contributed by atoms with Gasteiger partial charge in [-0.3, -0.25) is 9.59 Å². The Kier molecular flexibility index (Phi) is 7.44. The van der Waals surface area contributed by atoms with Gasteiger partial charge in [0.25, 0.3) is 5.91 Å². The molecule has 0 fully saturated rings. The van der Waals surface area contributed by atoms with E-state index in [1.165, 1.54) is 0 Å². The van der Waals surface area contributed by atoms with Crippen molar-refractivity contribution in [1.29, 1.82) is 0 Å². The highest BCUT2D eigenvalue weighted by Gasteiger charge is 2.08. The highest BCUT2D eigenvalue weighted by Crippen LogP contribution is 2.22. The Morgan fingerprint density at radius 1 is 1.15 bits per heavy atom. The number of halogens is 1. The van der Waals surface area contributed by atoms with E-state index in [-0.39, 0.29) is 18.4 Å². The number of carbonyl (C=O) groups excluding carboxylic acids is 2. The summed E-state index contributed by atoms with van der Waals surface area (Å²) in [6, 6.07) is 12.2. The van der Waals surface area contributed by atoms with Gasteiger partial charge in [-0.25, -0.2) is 0 Å². The highest BCUT2D eigenvalue weighted by molar-refractivity contribution is 6.31. The molecule has 0 radical (unpaired) electrons. The summed E-state index contributed by atoms with van der Waals surface area (Å²) in [5.74, 6) is -0.438. The smallest absolute Gasteiger partial charge is 0.251 e. The lowest BCUT2D eigenvalue weighted by Crippen LogP contribution is -2.27. The van der Waals surface area contributed by atoms with E-state index in [0.29, 0.717) is 29.4 Å². The average Bonchev–Trinajstić information content (AvgIpc) is 2.63. The number of hydrogen-bond donors (Lipinski definition) is 3. The predicted octanol–water partition coefficient (Wildman–Crippen LogP) is 3.08. The lowest BCUT2D eigenvalue weighted by Gasteiger charge is -2.11. The van der Waals surface area contributed by atoms with Crippen LogP contribution in [0.3, 0.4) is 0 Å². The molecule has 0 saturated carbocycles. The first-order chi connectivity index (χ1) is 12.5. The van der Waals surface area contributed by atoms with Crippen LogP contribution in [0.1, 0.15) is 15.9 Å². The fraction of sp³-hybridized carbons (Fsp3) is 0.263. The van der Waals surface area contributed by atoms with E-state index in [1.807, 2.05) is 19.1 Å². The first-order valence-corrected chi connectivity index (χ1v) is 8.55. The Bertz CT molecular complexity index is 780. The monoisotopic (exact) mass is 375 g/mol. The maximum Gasteiger partial charge on any atom is 0.251 e. The van der Waals surface area contributed by atoms with Gasteiger partial charge in [-0.05, 0) is 42.8 Å². The van der Waals surface area contributed by atoms with Crippen molar-refractivity contribution in [3.8, 4) is 0 Å². The van der Waals surface area contributed by atoms with E-state index in [4.69, 9.17) is 16.3 Å². The van der Waals surface area contributed by atoms with E-state index >= 15 is 0 Å². The van der Waals surface area contributed by atoms with E-state index in [1.54, 1.807) is 37.4 Å². The number of methoxy groups -OCH3 is 1. The van der Waals surface area contributed by atoms with Crippen LogP contribution >= 0.6 is 11.6 Å². The van der Waals surface area contributed by atoms with Crippen LogP contribution in [0, 0.1) is 6.92 Å². The molecule has 0 aliphatic carbocycles. The molecule has 6 nitrogen and oxygen atoms in total. The molecular formula is C19H22ClN3O3. The number of rotatable bonds is 8. The average molecular weight is 376 g/mol. The van der Waals surface area contributed by atoms with Crippen LogP contribution in [0.4, 0.5) is 11.4 Å². The van der Waals surface area contributed by atoms with E-state index < -0.39 is 0 Å². The van der Waals surface area contributed by atoms with Crippen LogP contribution in [0.25, 0.3) is 0 Å². The van der Waals surface area contributed by atoms with Gasteiger partial charge < -0.3 is 20.7 Å². The molecule has 0 unspecified atom stereocenters. The van der Waals surface area contributed by atoms with Crippen molar-refractivity contribution in [3.63, 3.8) is 0 Å². The predicted molar refractivity (Wildman–Crippen MR) is 104 cm³/mol. The summed E-state index contributed by atoms with van der Waals surface area (Å²) in [4.78, 5) is 24.2. The van der Waals surface area contributed by atoms with Crippen LogP contribution in [0.15, 0.2) is 42.5 Å². The van der Waals surface area contributed by atoms with Crippen molar-refractivity contribution in [2.75, 3.05) is 37.4 Å². The Labute approximate surface area is 157 Å². The van der Waals surface area contributed by atoms with Crippen LogP contribution < -0.4 is 16.0 Å². The van der Waals surface area contributed by atoms with E-state index in [2.05, 4.69) is 16.0 Å². The quantitative estimate of drug-likeness (QED) is 0.619. The van der Waals surface area contributed by atoms with E-state index in [9.17, 15) is 9.59 Å². The molecule has 3 N–H and O–H groups in total. The molecule has 0 aliphatic rings. The SMILES string of the molecule is COCCNC(=O)c1cccc(NC(=O)CNc2cccc(Cl)c2C)c1. The number of nitrogens with one attached hydrogen (secondary N) is 3. The number of benzene rings is 2. The molecule has 0 spiro atoms. The third-order valence-corrected chi connectivity index (χ3v) is 4.12. The van der Waals surface area contributed by atoms with Gasteiger partial charge in [0.15, 0.2) is 0 Å². The highest BCUT2D eigenvalue weighted by atomic mass is 35.5. The summed E-state index contributed by atoms with van der Waals surface area (Å²) in [5, 5.41) is 9.20. The molecule has 0 heterocycles. The zero-order valence-corrected chi connectivity index (χ0v) is 15.5. The van der Waals surface area contributed by atoms with Crippen LogP contribution in [-0.4, -0.2) is 38.6 Å². The number of ether oxygens (including phenoxy) is 1. The van der Waals surface area contributed by atoms with Gasteiger partial charge in [0, 0.05) is 35.6 Å². The lowest BCUT2D eigenvalue weighted by molar-refractivity contribution is -0.114. The van der Waals surface area contributed by atoms with Crippen molar-refractivity contribution >= 4 is 34.8 Å². The zero-order valence-electron chi connectivity index (χ0n) is 14.8. The molecule has 0 atom stereocenters. The van der Waals surface area contributed by atoms with Gasteiger partial charge in [0.1, 0.15) is 0 Å². The van der Waals surface area contributed by atoms with Gasteiger partial charge in [0.2, 0.25) is 5.91 Å². The Hall–Kier alpha value is -2.57. The van der Waals surface area contributed by atoms with Gasteiger partial charge in [-0.1, -0.05) is 23.7 Å². The minimum absolute atomic E-state index is 0.0887. The first-order valence-electron chi connectivity index (χ1n) is 8.17. The summed E-state index contributed by atoms with van der Waals surface area (Å²) in [6.07, 6.45) is 0. The second kappa shape index (κ2) is 9.79. The summed E-state index contributed by atoms with van der Waals surface area (Å²) < 4.78 is 4.90. The fourth-order valence-electron chi connectivity index (χ4n) is 2.29. The van der Waals surface area contributed by atoms with Crippen molar-refractivity contribution in [3.05, 3.63) is 58.6 Å². The Morgan fingerprint density at radius 2 is 1.92 bits per heavy atom. The van der Waals surface area contributed by atoms with Crippen molar-refractivity contribution in [1.82, 2.24) is 5.32 Å². The summed E-state index contributed by atoms with van der Waals surface area (Å²) in [7, 11) is 1.57. The molecule has 7 heteroatoms. The van der Waals surface area contributed by atoms with Gasteiger partial charge in [-0.2, -0.15) is 0 Å². The zero-order chi connectivity index (χ0) is 18.9. The number of anilines is 2. The molecule has 138 valence electrons. The van der Waals surface area contributed by atoms with Crippen LogP contribution in [0.2, 0.25) is 5.02 Å². The maximum absolute atomic E-state index is 12.2.